The highest BCUT2D eigenvalue weighted by Crippen LogP contribution is 2.38. The lowest BCUT2D eigenvalue weighted by Gasteiger charge is -2.20. The molecule has 0 saturated heterocycles. The summed E-state index contributed by atoms with van der Waals surface area (Å²) in [6.45, 7) is 9.17. The molecule has 0 spiro atoms. The van der Waals surface area contributed by atoms with E-state index in [1.54, 1.807) is 14.2 Å². The molecule has 3 aromatic rings. The smallest absolute Gasteiger partial charge is 0.147 e. The normalized spacial score (nSPS) is 12.6. The molecule has 0 aromatic carbocycles. The van der Waals surface area contributed by atoms with Crippen molar-refractivity contribution in [1.29, 1.82) is 0 Å². The van der Waals surface area contributed by atoms with E-state index >= 15 is 0 Å². The van der Waals surface area contributed by atoms with Crippen LogP contribution >= 0.6 is 0 Å². The average molecular weight is 397 g/mol. The maximum atomic E-state index is 5.77. The van der Waals surface area contributed by atoms with Crippen molar-refractivity contribution in [3.8, 4) is 17.0 Å². The summed E-state index contributed by atoms with van der Waals surface area (Å²) >= 11 is 0. The van der Waals surface area contributed by atoms with Crippen LogP contribution in [0.2, 0.25) is 0 Å². The highest BCUT2D eigenvalue weighted by Gasteiger charge is 2.20. The molecule has 6 nitrogen and oxygen atoms in total. The molecule has 0 radical (unpaired) electrons. The number of rotatable bonds is 7. The summed E-state index contributed by atoms with van der Waals surface area (Å²) in [5, 5.41) is 0. The molecule has 0 N–H and O–H groups in total. The first-order valence-electron chi connectivity index (χ1n) is 10.0. The molecule has 3 heterocycles. The van der Waals surface area contributed by atoms with Gasteiger partial charge in [0.05, 0.1) is 30.8 Å². The van der Waals surface area contributed by atoms with E-state index in [4.69, 9.17) is 19.4 Å². The van der Waals surface area contributed by atoms with E-state index in [9.17, 15) is 0 Å². The van der Waals surface area contributed by atoms with Gasteiger partial charge in [-0.05, 0) is 37.5 Å². The van der Waals surface area contributed by atoms with E-state index < -0.39 is 0 Å². The van der Waals surface area contributed by atoms with Crippen LogP contribution in [0.25, 0.3) is 22.3 Å². The standard InChI is InChI=1S/C23H32N4O2/c1-14(2)18-10-9-17(23(24-18)26(5)6)22-20(29-8)11-19-21(25-22)15(3)12-27(19)16(4)13-28-7/h9-12,14,16H,13H2,1-8H3. The van der Waals surface area contributed by atoms with Gasteiger partial charge in [-0.25, -0.2) is 9.97 Å². The first-order valence-corrected chi connectivity index (χ1v) is 10.0. The van der Waals surface area contributed by atoms with Gasteiger partial charge in [0.1, 0.15) is 17.3 Å². The number of fused-ring (bicyclic) bond motifs is 1. The Balaban J connectivity index is 2.24. The van der Waals surface area contributed by atoms with E-state index in [1.165, 1.54) is 0 Å². The van der Waals surface area contributed by atoms with Gasteiger partial charge in [0.25, 0.3) is 0 Å². The molecule has 0 aliphatic carbocycles. The minimum Gasteiger partial charge on any atom is -0.494 e. The lowest BCUT2D eigenvalue weighted by atomic mass is 10.1. The van der Waals surface area contributed by atoms with Crippen molar-refractivity contribution in [2.24, 2.45) is 0 Å². The number of hydrogen-bond acceptors (Lipinski definition) is 5. The fourth-order valence-electron chi connectivity index (χ4n) is 3.66. The molecular weight excluding hydrogens is 364 g/mol. The Bertz CT molecular complexity index is 1010. The van der Waals surface area contributed by atoms with E-state index in [0.717, 1.165) is 45.1 Å². The Labute approximate surface area is 173 Å². The lowest BCUT2D eigenvalue weighted by molar-refractivity contribution is 0.164. The molecule has 0 aliphatic rings. The zero-order chi connectivity index (χ0) is 21.3. The molecular formula is C23H32N4O2. The number of ether oxygens (including phenoxy) is 2. The summed E-state index contributed by atoms with van der Waals surface area (Å²) in [7, 11) is 7.43. The molecule has 156 valence electrons. The van der Waals surface area contributed by atoms with Crippen LogP contribution in [0.3, 0.4) is 0 Å². The summed E-state index contributed by atoms with van der Waals surface area (Å²) in [6.07, 6.45) is 2.14. The summed E-state index contributed by atoms with van der Waals surface area (Å²) in [6, 6.07) is 6.47. The number of methoxy groups -OCH3 is 2. The minimum atomic E-state index is 0.206. The largest absolute Gasteiger partial charge is 0.494 e. The topological polar surface area (TPSA) is 52.4 Å². The van der Waals surface area contributed by atoms with Crippen LogP contribution in [0.15, 0.2) is 24.4 Å². The number of nitrogens with zero attached hydrogens (tertiary/aromatic N) is 4. The van der Waals surface area contributed by atoms with Gasteiger partial charge in [-0.15, -0.1) is 0 Å². The van der Waals surface area contributed by atoms with Crippen LogP contribution in [0.4, 0.5) is 5.82 Å². The van der Waals surface area contributed by atoms with Gasteiger partial charge in [-0.1, -0.05) is 13.8 Å². The third-order valence-electron chi connectivity index (χ3n) is 5.22. The Hall–Kier alpha value is -2.60. The summed E-state index contributed by atoms with van der Waals surface area (Å²) in [5.74, 6) is 1.99. The van der Waals surface area contributed by atoms with Crippen LogP contribution in [0.1, 0.15) is 44.0 Å². The fourth-order valence-corrected chi connectivity index (χ4v) is 3.66. The Kier molecular flexibility index (Phi) is 6.13. The highest BCUT2D eigenvalue weighted by atomic mass is 16.5. The number of aromatic nitrogens is 3. The Morgan fingerprint density at radius 3 is 2.41 bits per heavy atom. The van der Waals surface area contributed by atoms with Crippen LogP contribution in [-0.4, -0.2) is 49.5 Å². The van der Waals surface area contributed by atoms with Gasteiger partial charge in [-0.3, -0.25) is 0 Å². The number of hydrogen-bond donors (Lipinski definition) is 0. The predicted octanol–water partition coefficient (Wildman–Crippen LogP) is 4.81. The summed E-state index contributed by atoms with van der Waals surface area (Å²) in [5.41, 5.74) is 5.99. The second kappa shape index (κ2) is 8.41. The van der Waals surface area contributed by atoms with Crippen molar-refractivity contribution in [1.82, 2.24) is 14.5 Å². The molecule has 6 heteroatoms. The third-order valence-corrected chi connectivity index (χ3v) is 5.22. The SMILES string of the molecule is COCC(C)n1cc(C)c2nc(-c3ccc(C(C)C)nc3N(C)C)c(OC)cc21. The molecule has 0 aliphatic heterocycles. The van der Waals surface area contributed by atoms with Crippen molar-refractivity contribution in [2.45, 2.75) is 39.7 Å². The van der Waals surface area contributed by atoms with E-state index in [-0.39, 0.29) is 6.04 Å². The van der Waals surface area contributed by atoms with Gasteiger partial charge in [-0.2, -0.15) is 0 Å². The van der Waals surface area contributed by atoms with E-state index in [0.29, 0.717) is 12.5 Å². The maximum absolute atomic E-state index is 5.77. The second-order valence-electron chi connectivity index (χ2n) is 8.09. The third kappa shape index (κ3) is 3.94. The summed E-state index contributed by atoms with van der Waals surface area (Å²) in [4.78, 5) is 12.0. The molecule has 3 aromatic heterocycles. The Morgan fingerprint density at radius 2 is 1.83 bits per heavy atom. The molecule has 0 amide bonds. The average Bonchev–Trinajstić information content (AvgIpc) is 3.02. The molecule has 0 fully saturated rings. The van der Waals surface area contributed by atoms with Gasteiger partial charge in [0, 0.05) is 44.7 Å². The second-order valence-corrected chi connectivity index (χ2v) is 8.09. The van der Waals surface area contributed by atoms with Crippen LogP contribution in [0, 0.1) is 6.92 Å². The van der Waals surface area contributed by atoms with E-state index in [1.807, 2.05) is 19.0 Å². The molecule has 0 saturated carbocycles. The molecule has 1 atom stereocenters. The van der Waals surface area contributed by atoms with Crippen molar-refractivity contribution >= 4 is 16.9 Å². The molecule has 29 heavy (non-hydrogen) atoms. The highest BCUT2D eigenvalue weighted by molar-refractivity contribution is 5.88. The van der Waals surface area contributed by atoms with Crippen LogP contribution in [0.5, 0.6) is 5.75 Å². The molecule has 0 bridgehead atoms. The predicted molar refractivity (Wildman–Crippen MR) is 119 cm³/mol. The lowest BCUT2D eigenvalue weighted by Crippen LogP contribution is -2.14. The van der Waals surface area contributed by atoms with Crippen LogP contribution in [-0.2, 0) is 4.74 Å². The number of anilines is 1. The van der Waals surface area contributed by atoms with Crippen molar-refractivity contribution in [2.75, 3.05) is 39.8 Å². The number of pyridine rings is 2. The maximum Gasteiger partial charge on any atom is 0.147 e. The first kappa shape index (κ1) is 21.1. The fraction of sp³-hybridized carbons (Fsp3) is 0.478. The van der Waals surface area contributed by atoms with Crippen molar-refractivity contribution < 1.29 is 9.47 Å². The van der Waals surface area contributed by atoms with Gasteiger partial charge < -0.3 is 18.9 Å². The molecule has 3 rings (SSSR count). The quantitative estimate of drug-likeness (QED) is 0.573. The van der Waals surface area contributed by atoms with E-state index in [2.05, 4.69) is 56.7 Å². The monoisotopic (exact) mass is 396 g/mol. The van der Waals surface area contributed by atoms with Gasteiger partial charge in [0.2, 0.25) is 0 Å². The van der Waals surface area contributed by atoms with Crippen molar-refractivity contribution in [3.05, 3.63) is 35.7 Å². The zero-order valence-electron chi connectivity index (χ0n) is 18.8. The minimum absolute atomic E-state index is 0.206. The van der Waals surface area contributed by atoms with Crippen molar-refractivity contribution in [3.63, 3.8) is 0 Å². The molecule has 1 unspecified atom stereocenters. The zero-order valence-corrected chi connectivity index (χ0v) is 18.8. The van der Waals surface area contributed by atoms with Gasteiger partial charge in [0.15, 0.2) is 0 Å². The van der Waals surface area contributed by atoms with Gasteiger partial charge >= 0.3 is 0 Å². The van der Waals surface area contributed by atoms with Crippen LogP contribution < -0.4 is 9.64 Å². The first-order chi connectivity index (χ1) is 13.8. The summed E-state index contributed by atoms with van der Waals surface area (Å²) < 4.78 is 13.3. The number of aryl methyl sites for hydroxylation is 1. The Morgan fingerprint density at radius 1 is 1.10 bits per heavy atom.